The topological polar surface area (TPSA) is 82.7 Å². The molecule has 1 aromatic heterocycles. The van der Waals surface area contributed by atoms with Gasteiger partial charge in [0.25, 0.3) is 0 Å². The van der Waals surface area contributed by atoms with E-state index in [1.807, 2.05) is 44.2 Å². The van der Waals surface area contributed by atoms with E-state index < -0.39 is 24.6 Å². The molecule has 1 heterocycles. The Kier molecular flexibility index (Phi) is 7.05. The maximum Gasteiger partial charge on any atom is 0.305 e. The summed E-state index contributed by atoms with van der Waals surface area (Å²) in [5.74, 6) is -1.44. The molecule has 0 aliphatic heterocycles. The minimum atomic E-state index is -1.13. The van der Waals surface area contributed by atoms with Gasteiger partial charge >= 0.3 is 5.97 Å². The Bertz CT molecular complexity index is 1070. The highest BCUT2D eigenvalue weighted by Gasteiger charge is 2.19. The van der Waals surface area contributed by atoms with Crippen molar-refractivity contribution in [2.75, 3.05) is 0 Å². The molecule has 0 unspecified atom stereocenters. The van der Waals surface area contributed by atoms with Gasteiger partial charge in [-0.15, -0.1) is 0 Å². The number of para-hydroxylation sites is 1. The number of hydrogen-bond acceptors (Lipinski definition) is 3. The molecule has 31 heavy (non-hydrogen) atoms. The van der Waals surface area contributed by atoms with Crippen LogP contribution in [0.25, 0.3) is 22.9 Å². The third-order valence-corrected chi connectivity index (χ3v) is 5.25. The number of carbonyl (C=O) groups is 1. The summed E-state index contributed by atoms with van der Waals surface area (Å²) >= 11 is 0. The van der Waals surface area contributed by atoms with Crippen molar-refractivity contribution in [1.29, 1.82) is 0 Å². The normalized spacial score (nSPS) is 13.5. The van der Waals surface area contributed by atoms with E-state index >= 15 is 0 Å². The first-order valence-electron chi connectivity index (χ1n) is 10.1. The first kappa shape index (κ1) is 22.5. The summed E-state index contributed by atoms with van der Waals surface area (Å²) in [6, 6.07) is 16.1. The third kappa shape index (κ3) is 5.29. The van der Waals surface area contributed by atoms with Gasteiger partial charge in [-0.25, -0.2) is 4.39 Å². The van der Waals surface area contributed by atoms with Gasteiger partial charge in [-0.2, -0.15) is 0 Å². The molecule has 0 aliphatic carbocycles. The van der Waals surface area contributed by atoms with E-state index in [1.165, 1.54) is 12.1 Å². The molecule has 162 valence electrons. The number of aliphatic hydroxyl groups is 2. The van der Waals surface area contributed by atoms with Gasteiger partial charge in [0.15, 0.2) is 0 Å². The summed E-state index contributed by atoms with van der Waals surface area (Å²) in [5, 5.41) is 28.8. The van der Waals surface area contributed by atoms with Crippen LogP contribution in [0.15, 0.2) is 60.7 Å². The highest BCUT2D eigenvalue weighted by molar-refractivity contribution is 5.80. The Balaban J connectivity index is 2.03. The molecule has 2 atom stereocenters. The molecule has 0 saturated carbocycles. The summed E-state index contributed by atoms with van der Waals surface area (Å²) in [5.41, 5.74) is 5.51. The van der Waals surface area contributed by atoms with Crippen molar-refractivity contribution < 1.29 is 24.5 Å². The lowest BCUT2D eigenvalue weighted by Crippen LogP contribution is -2.19. The van der Waals surface area contributed by atoms with Crippen molar-refractivity contribution in [3.63, 3.8) is 0 Å². The molecule has 3 rings (SSSR count). The molecule has 0 fully saturated rings. The second kappa shape index (κ2) is 9.73. The quantitative estimate of drug-likeness (QED) is 0.498. The third-order valence-electron chi connectivity index (χ3n) is 5.25. The molecule has 0 saturated heterocycles. The zero-order valence-electron chi connectivity index (χ0n) is 17.5. The van der Waals surface area contributed by atoms with Gasteiger partial charge in [0.05, 0.1) is 18.6 Å². The number of carboxylic acids is 1. The van der Waals surface area contributed by atoms with Gasteiger partial charge in [-0.3, -0.25) is 4.79 Å². The molecule has 2 aromatic carbocycles. The number of rotatable bonds is 8. The lowest BCUT2D eigenvalue weighted by Gasteiger charge is -2.11. The van der Waals surface area contributed by atoms with E-state index in [2.05, 4.69) is 4.57 Å². The summed E-state index contributed by atoms with van der Waals surface area (Å²) < 4.78 is 15.6. The van der Waals surface area contributed by atoms with Crippen LogP contribution in [0.4, 0.5) is 4.39 Å². The van der Waals surface area contributed by atoms with Crippen LogP contribution < -0.4 is 0 Å². The van der Waals surface area contributed by atoms with Crippen molar-refractivity contribution in [1.82, 2.24) is 4.57 Å². The van der Waals surface area contributed by atoms with E-state index in [-0.39, 0.29) is 12.2 Å². The second-order valence-corrected chi connectivity index (χ2v) is 7.55. The zero-order chi connectivity index (χ0) is 22.5. The van der Waals surface area contributed by atoms with Crippen LogP contribution in [0.2, 0.25) is 0 Å². The predicted octanol–water partition coefficient (Wildman–Crippen LogP) is 4.50. The first-order chi connectivity index (χ1) is 14.8. The summed E-state index contributed by atoms with van der Waals surface area (Å²) in [4.78, 5) is 10.7. The maximum absolute atomic E-state index is 13.5. The van der Waals surface area contributed by atoms with Crippen molar-refractivity contribution in [3.8, 4) is 16.8 Å². The van der Waals surface area contributed by atoms with Crippen LogP contribution >= 0.6 is 0 Å². The number of aliphatic hydroxyl groups excluding tert-OH is 2. The van der Waals surface area contributed by atoms with Gasteiger partial charge in [-0.1, -0.05) is 42.5 Å². The maximum atomic E-state index is 13.5. The van der Waals surface area contributed by atoms with Crippen LogP contribution in [-0.2, 0) is 4.79 Å². The summed E-state index contributed by atoms with van der Waals surface area (Å²) in [7, 11) is 0. The molecular weight excluding hydrogens is 397 g/mol. The average molecular weight is 423 g/mol. The molecular formula is C25H26FNO4. The number of nitrogens with zero attached hydrogens (tertiary/aromatic N) is 1. The SMILES string of the molecule is Cc1c(/C=C/[C@H](O)C[C@@H](O)CC(=O)O)c(-c2ccc(F)cc2)c(C)n1-c1ccccc1. The monoisotopic (exact) mass is 423 g/mol. The highest BCUT2D eigenvalue weighted by Crippen LogP contribution is 2.35. The predicted molar refractivity (Wildman–Crippen MR) is 119 cm³/mol. The van der Waals surface area contributed by atoms with Gasteiger partial charge in [-0.05, 0) is 43.7 Å². The molecule has 5 nitrogen and oxygen atoms in total. The second-order valence-electron chi connectivity index (χ2n) is 7.55. The largest absolute Gasteiger partial charge is 0.481 e. The molecule has 0 radical (unpaired) electrons. The highest BCUT2D eigenvalue weighted by atomic mass is 19.1. The lowest BCUT2D eigenvalue weighted by atomic mass is 9.99. The standard InChI is InChI=1S/C25H26FNO4/c1-16-23(13-12-21(28)14-22(29)15-24(30)31)25(18-8-10-19(26)11-9-18)17(2)27(16)20-6-4-3-5-7-20/h3-13,21-22,28-29H,14-15H2,1-2H3,(H,30,31)/b13-12+/t21-,22+/m0/s1. The summed E-state index contributed by atoms with van der Waals surface area (Å²) in [6.45, 7) is 3.96. The van der Waals surface area contributed by atoms with Crippen molar-refractivity contribution in [2.45, 2.75) is 38.9 Å². The first-order valence-corrected chi connectivity index (χ1v) is 10.1. The molecule has 0 spiro atoms. The fraction of sp³-hybridized carbons (Fsp3) is 0.240. The molecule has 0 aliphatic rings. The van der Waals surface area contributed by atoms with Gasteiger partial charge in [0, 0.05) is 34.6 Å². The van der Waals surface area contributed by atoms with E-state index in [0.717, 1.165) is 33.8 Å². The molecule has 3 aromatic rings. The fourth-order valence-corrected chi connectivity index (χ4v) is 3.86. The van der Waals surface area contributed by atoms with Gasteiger partial charge in [0.2, 0.25) is 0 Å². The van der Waals surface area contributed by atoms with Crippen LogP contribution in [0, 0.1) is 19.7 Å². The minimum absolute atomic E-state index is 0.0773. The smallest absolute Gasteiger partial charge is 0.305 e. The average Bonchev–Trinajstić information content (AvgIpc) is 2.96. The van der Waals surface area contributed by atoms with Gasteiger partial charge < -0.3 is 19.9 Å². The molecule has 6 heteroatoms. The number of aromatic nitrogens is 1. The molecule has 0 bridgehead atoms. The Morgan fingerprint density at radius 3 is 2.29 bits per heavy atom. The van der Waals surface area contributed by atoms with Crippen LogP contribution in [0.5, 0.6) is 0 Å². The van der Waals surface area contributed by atoms with Crippen LogP contribution in [0.1, 0.15) is 29.8 Å². The van der Waals surface area contributed by atoms with Crippen molar-refractivity contribution in [3.05, 3.63) is 83.4 Å². The Hall–Kier alpha value is -3.22. The Morgan fingerprint density at radius 1 is 1.03 bits per heavy atom. The van der Waals surface area contributed by atoms with Crippen molar-refractivity contribution >= 4 is 12.0 Å². The van der Waals surface area contributed by atoms with Crippen LogP contribution in [-0.4, -0.2) is 38.1 Å². The summed E-state index contributed by atoms with van der Waals surface area (Å²) in [6.07, 6.45) is 0.689. The number of benzene rings is 2. The molecule has 3 N–H and O–H groups in total. The number of carboxylic acid groups (broad SMARTS) is 1. The molecule has 0 amide bonds. The van der Waals surface area contributed by atoms with E-state index in [0.29, 0.717) is 0 Å². The number of halogens is 1. The van der Waals surface area contributed by atoms with E-state index in [4.69, 9.17) is 5.11 Å². The van der Waals surface area contributed by atoms with Gasteiger partial charge in [0.1, 0.15) is 5.82 Å². The zero-order valence-corrected chi connectivity index (χ0v) is 17.5. The number of aliphatic carboxylic acids is 1. The Labute approximate surface area is 180 Å². The fourth-order valence-electron chi connectivity index (χ4n) is 3.86. The minimum Gasteiger partial charge on any atom is -0.481 e. The van der Waals surface area contributed by atoms with Crippen molar-refractivity contribution in [2.24, 2.45) is 0 Å². The van der Waals surface area contributed by atoms with Crippen LogP contribution in [0.3, 0.4) is 0 Å². The number of hydrogen-bond donors (Lipinski definition) is 3. The van der Waals surface area contributed by atoms with E-state index in [9.17, 15) is 19.4 Å². The Morgan fingerprint density at radius 2 is 1.68 bits per heavy atom. The lowest BCUT2D eigenvalue weighted by molar-refractivity contribution is -0.139. The van der Waals surface area contributed by atoms with E-state index in [1.54, 1.807) is 24.3 Å².